The lowest BCUT2D eigenvalue weighted by Gasteiger charge is -2.24. The highest BCUT2D eigenvalue weighted by Gasteiger charge is 2.37. The summed E-state index contributed by atoms with van der Waals surface area (Å²) in [5, 5.41) is 0.191. The van der Waals surface area contributed by atoms with Gasteiger partial charge in [0.15, 0.2) is 0 Å². The second kappa shape index (κ2) is 7.72. The molecule has 0 bridgehead atoms. The van der Waals surface area contributed by atoms with Crippen molar-refractivity contribution in [2.24, 2.45) is 5.92 Å². The maximum atomic E-state index is 13.2. The molecule has 2 aliphatic carbocycles. The molecule has 1 saturated heterocycles. The number of sulfonamides is 1. The van der Waals surface area contributed by atoms with Gasteiger partial charge in [-0.25, -0.2) is 8.42 Å². The molecule has 3 aliphatic rings. The average molecular weight is 411 g/mol. The third-order valence-corrected chi connectivity index (χ3v) is 8.14. The fourth-order valence-corrected chi connectivity index (χ4v) is 5.80. The summed E-state index contributed by atoms with van der Waals surface area (Å²) in [6.45, 7) is 1.83. The molecular formula is C20H27ClN2O3S. The summed E-state index contributed by atoms with van der Waals surface area (Å²) in [6.07, 6.45) is 8.30. The summed E-state index contributed by atoms with van der Waals surface area (Å²) in [6, 6.07) is 5.03. The van der Waals surface area contributed by atoms with E-state index in [9.17, 15) is 13.2 Å². The largest absolute Gasteiger partial charge is 0.335 e. The normalized spacial score (nSPS) is 21.7. The molecule has 1 amide bonds. The van der Waals surface area contributed by atoms with Crippen molar-refractivity contribution in [1.29, 1.82) is 0 Å². The predicted octanol–water partition coefficient (Wildman–Crippen LogP) is 3.92. The SMILES string of the molecule is O=C(c1ccc(Cl)c(S(=O)(=O)N2CCCCCC2)c1)N(CC1CC1)C1CC1. The second-order valence-electron chi connectivity index (χ2n) is 8.10. The molecule has 0 N–H and O–H groups in total. The topological polar surface area (TPSA) is 57.7 Å². The van der Waals surface area contributed by atoms with Crippen LogP contribution in [0.4, 0.5) is 0 Å². The number of benzene rings is 1. The minimum Gasteiger partial charge on any atom is -0.335 e. The van der Waals surface area contributed by atoms with Crippen LogP contribution in [0.2, 0.25) is 5.02 Å². The molecule has 7 heteroatoms. The Hall–Kier alpha value is -1.11. The molecule has 4 rings (SSSR count). The third kappa shape index (κ3) is 4.33. The van der Waals surface area contributed by atoms with Gasteiger partial charge in [-0.05, 0) is 62.6 Å². The predicted molar refractivity (Wildman–Crippen MR) is 105 cm³/mol. The molecular weight excluding hydrogens is 384 g/mol. The van der Waals surface area contributed by atoms with Gasteiger partial charge in [-0.3, -0.25) is 4.79 Å². The van der Waals surface area contributed by atoms with Crippen molar-refractivity contribution in [2.75, 3.05) is 19.6 Å². The highest BCUT2D eigenvalue weighted by Crippen LogP contribution is 2.36. The van der Waals surface area contributed by atoms with Crippen LogP contribution < -0.4 is 0 Å². The molecule has 2 saturated carbocycles. The zero-order valence-electron chi connectivity index (χ0n) is 15.6. The summed E-state index contributed by atoms with van der Waals surface area (Å²) in [7, 11) is -3.68. The number of carbonyl (C=O) groups is 1. The lowest BCUT2D eigenvalue weighted by atomic mass is 10.2. The number of carbonyl (C=O) groups excluding carboxylic acids is 1. The summed E-state index contributed by atoms with van der Waals surface area (Å²) >= 11 is 6.26. The van der Waals surface area contributed by atoms with Crippen LogP contribution in [0.25, 0.3) is 0 Å². The fourth-order valence-electron chi connectivity index (χ4n) is 3.78. The van der Waals surface area contributed by atoms with Gasteiger partial charge in [0.05, 0.1) is 5.02 Å². The minimum atomic E-state index is -3.68. The first-order valence-corrected chi connectivity index (χ1v) is 11.9. The Balaban J connectivity index is 1.61. The van der Waals surface area contributed by atoms with E-state index < -0.39 is 10.0 Å². The molecule has 3 fully saturated rings. The molecule has 27 heavy (non-hydrogen) atoms. The van der Waals surface area contributed by atoms with Gasteiger partial charge in [0, 0.05) is 31.2 Å². The van der Waals surface area contributed by atoms with Crippen molar-refractivity contribution in [2.45, 2.75) is 62.3 Å². The van der Waals surface area contributed by atoms with Gasteiger partial charge in [-0.1, -0.05) is 24.4 Å². The number of rotatable bonds is 6. The first-order chi connectivity index (χ1) is 13.0. The molecule has 0 atom stereocenters. The van der Waals surface area contributed by atoms with E-state index in [-0.39, 0.29) is 15.8 Å². The van der Waals surface area contributed by atoms with Crippen LogP contribution in [-0.4, -0.2) is 49.2 Å². The van der Waals surface area contributed by atoms with Crippen LogP contribution in [0.15, 0.2) is 23.1 Å². The Kier molecular flexibility index (Phi) is 5.50. The zero-order valence-corrected chi connectivity index (χ0v) is 17.1. The van der Waals surface area contributed by atoms with E-state index in [1.807, 2.05) is 4.90 Å². The number of hydrogen-bond acceptors (Lipinski definition) is 3. The van der Waals surface area contributed by atoms with Gasteiger partial charge >= 0.3 is 0 Å². The highest BCUT2D eigenvalue weighted by molar-refractivity contribution is 7.89. The monoisotopic (exact) mass is 410 g/mol. The van der Waals surface area contributed by atoms with Gasteiger partial charge in [-0.15, -0.1) is 0 Å². The quantitative estimate of drug-likeness (QED) is 0.714. The molecule has 1 heterocycles. The van der Waals surface area contributed by atoms with Gasteiger partial charge in [0.25, 0.3) is 5.91 Å². The average Bonchev–Trinajstić information content (AvgIpc) is 3.52. The van der Waals surface area contributed by atoms with E-state index in [4.69, 9.17) is 11.6 Å². The van der Waals surface area contributed by atoms with Gasteiger partial charge < -0.3 is 4.90 Å². The lowest BCUT2D eigenvalue weighted by molar-refractivity contribution is 0.0734. The zero-order chi connectivity index (χ0) is 19.0. The van der Waals surface area contributed by atoms with Crippen molar-refractivity contribution in [3.63, 3.8) is 0 Å². The second-order valence-corrected chi connectivity index (χ2v) is 10.4. The van der Waals surface area contributed by atoms with E-state index >= 15 is 0 Å². The molecule has 0 unspecified atom stereocenters. The third-order valence-electron chi connectivity index (χ3n) is 5.76. The highest BCUT2D eigenvalue weighted by atomic mass is 35.5. The van der Waals surface area contributed by atoms with Crippen molar-refractivity contribution in [3.8, 4) is 0 Å². The summed E-state index contributed by atoms with van der Waals surface area (Å²) in [4.78, 5) is 15.1. The Morgan fingerprint density at radius 1 is 1.07 bits per heavy atom. The number of nitrogens with zero attached hydrogens (tertiary/aromatic N) is 2. The van der Waals surface area contributed by atoms with Crippen molar-refractivity contribution in [1.82, 2.24) is 9.21 Å². The molecule has 0 radical (unpaired) electrons. The van der Waals surface area contributed by atoms with E-state index in [2.05, 4.69) is 0 Å². The maximum Gasteiger partial charge on any atom is 0.254 e. The van der Waals surface area contributed by atoms with Crippen LogP contribution >= 0.6 is 11.6 Å². The van der Waals surface area contributed by atoms with Gasteiger partial charge in [-0.2, -0.15) is 4.31 Å². The molecule has 1 aromatic carbocycles. The van der Waals surface area contributed by atoms with Gasteiger partial charge in [0.2, 0.25) is 10.0 Å². The summed E-state index contributed by atoms with van der Waals surface area (Å²) in [5.74, 6) is 0.551. The molecule has 148 valence electrons. The van der Waals surface area contributed by atoms with Crippen LogP contribution in [-0.2, 0) is 10.0 Å². The van der Waals surface area contributed by atoms with Crippen LogP contribution in [0.3, 0.4) is 0 Å². The van der Waals surface area contributed by atoms with Crippen LogP contribution in [0.1, 0.15) is 61.7 Å². The molecule has 0 spiro atoms. The van der Waals surface area contributed by atoms with E-state index in [1.165, 1.54) is 23.2 Å². The summed E-state index contributed by atoms with van der Waals surface area (Å²) in [5.41, 5.74) is 0.431. The maximum absolute atomic E-state index is 13.2. The first kappa shape index (κ1) is 19.2. The van der Waals surface area contributed by atoms with E-state index in [0.29, 0.717) is 30.6 Å². The Bertz CT molecular complexity index is 811. The van der Waals surface area contributed by atoms with E-state index in [0.717, 1.165) is 45.1 Å². The smallest absolute Gasteiger partial charge is 0.254 e. The Morgan fingerprint density at radius 3 is 2.33 bits per heavy atom. The minimum absolute atomic E-state index is 0.0617. The standard InChI is InChI=1S/C20H27ClN2O3S/c21-18-10-7-16(20(24)23(17-8-9-17)14-15-5-6-15)13-19(18)27(25,26)22-11-3-1-2-4-12-22/h7,10,13,15,17H,1-6,8-9,11-12,14H2. The van der Waals surface area contributed by atoms with E-state index in [1.54, 1.807) is 12.1 Å². The molecule has 5 nitrogen and oxygen atoms in total. The van der Waals surface area contributed by atoms with Gasteiger partial charge in [0.1, 0.15) is 4.90 Å². The number of amides is 1. The van der Waals surface area contributed by atoms with Crippen molar-refractivity contribution < 1.29 is 13.2 Å². The molecule has 0 aromatic heterocycles. The number of halogens is 1. The van der Waals surface area contributed by atoms with Crippen LogP contribution in [0.5, 0.6) is 0 Å². The van der Waals surface area contributed by atoms with Crippen molar-refractivity contribution in [3.05, 3.63) is 28.8 Å². The molecule has 1 aliphatic heterocycles. The first-order valence-electron chi connectivity index (χ1n) is 10.1. The van der Waals surface area contributed by atoms with Crippen molar-refractivity contribution >= 4 is 27.5 Å². The number of hydrogen-bond donors (Lipinski definition) is 0. The molecule has 1 aromatic rings. The summed E-state index contributed by atoms with van der Waals surface area (Å²) < 4.78 is 27.8. The fraction of sp³-hybridized carbons (Fsp3) is 0.650. The lowest BCUT2D eigenvalue weighted by Crippen LogP contribution is -2.35. The Morgan fingerprint density at radius 2 is 1.74 bits per heavy atom. The van der Waals surface area contributed by atoms with Crippen LogP contribution in [0, 0.1) is 5.92 Å². The Labute approximate surface area is 166 Å².